The Morgan fingerprint density at radius 1 is 1.42 bits per heavy atom. The maximum absolute atomic E-state index is 7.57. The minimum absolute atomic E-state index is 0.250. The van der Waals surface area contributed by atoms with Crippen LogP contribution in [0.5, 0.6) is 0 Å². The molecule has 2 nitrogen and oxygen atoms in total. The van der Waals surface area contributed by atoms with Crippen molar-refractivity contribution in [2.24, 2.45) is 0 Å². The Morgan fingerprint density at radius 3 is 2.25 bits per heavy atom. The molecule has 0 heterocycles. The van der Waals surface area contributed by atoms with Gasteiger partial charge in [-0.05, 0) is 25.1 Å². The fourth-order valence-electron chi connectivity index (χ4n) is 0.532. The maximum atomic E-state index is 7.57. The van der Waals surface area contributed by atoms with E-state index in [4.69, 9.17) is 10.8 Å². The van der Waals surface area contributed by atoms with E-state index in [1.807, 2.05) is 12.1 Å². The first-order valence-electron chi connectivity index (χ1n) is 3.50. The predicted molar refractivity (Wildman–Crippen MR) is 58.1 cm³/mol. The Bertz CT molecular complexity index is 240. The van der Waals surface area contributed by atoms with E-state index in [-0.39, 0.29) is 6.61 Å². The summed E-state index contributed by atoms with van der Waals surface area (Å²) in [7, 11) is 0. The fourth-order valence-corrected chi connectivity index (χ4v) is 1.05. The largest absolute Gasteiger partial charge is 0.398 e. The van der Waals surface area contributed by atoms with Crippen LogP contribution in [0.2, 0.25) is 0 Å². The van der Waals surface area contributed by atoms with Gasteiger partial charge in [-0.25, -0.2) is 0 Å². The standard InChI is InChI=1S/C6H7NS2.C2H6O/c7-5-2-1-4(8)3-6(5)9;1-2-3/h1-3,8-9H,7H2;3H,2H2,1H3. The van der Waals surface area contributed by atoms with E-state index in [0.717, 1.165) is 9.79 Å². The monoisotopic (exact) mass is 203 g/mol. The molecule has 12 heavy (non-hydrogen) atoms. The average Bonchev–Trinajstić information content (AvgIpc) is 1.99. The number of anilines is 1. The Morgan fingerprint density at radius 2 is 1.92 bits per heavy atom. The van der Waals surface area contributed by atoms with Crippen molar-refractivity contribution in [3.05, 3.63) is 18.2 Å². The molecular weight excluding hydrogens is 190 g/mol. The highest BCUT2D eigenvalue weighted by Crippen LogP contribution is 2.19. The molecule has 0 bridgehead atoms. The highest BCUT2D eigenvalue weighted by molar-refractivity contribution is 7.81. The maximum Gasteiger partial charge on any atom is 0.0450 e. The molecule has 1 aromatic rings. The van der Waals surface area contributed by atoms with Gasteiger partial charge in [-0.2, -0.15) is 0 Å². The van der Waals surface area contributed by atoms with Crippen LogP contribution in [0.25, 0.3) is 0 Å². The van der Waals surface area contributed by atoms with E-state index in [1.165, 1.54) is 0 Å². The Labute approximate surface area is 83.6 Å². The van der Waals surface area contributed by atoms with Crippen molar-refractivity contribution in [3.8, 4) is 0 Å². The number of aliphatic hydroxyl groups is 1. The van der Waals surface area contributed by atoms with Crippen molar-refractivity contribution in [2.75, 3.05) is 12.3 Å². The second-order valence-corrected chi connectivity index (χ2v) is 3.06. The number of nitrogen functional groups attached to an aromatic ring is 1. The third kappa shape index (κ3) is 4.54. The lowest BCUT2D eigenvalue weighted by Gasteiger charge is -1.96. The molecule has 0 aliphatic carbocycles. The first-order valence-corrected chi connectivity index (χ1v) is 4.39. The number of rotatable bonds is 0. The van der Waals surface area contributed by atoms with E-state index < -0.39 is 0 Å². The highest BCUT2D eigenvalue weighted by Gasteiger charge is 1.91. The van der Waals surface area contributed by atoms with Gasteiger partial charge in [0, 0.05) is 22.1 Å². The lowest BCUT2D eigenvalue weighted by molar-refractivity contribution is 0.318. The molecule has 0 spiro atoms. The van der Waals surface area contributed by atoms with Crippen LogP contribution < -0.4 is 5.73 Å². The summed E-state index contributed by atoms with van der Waals surface area (Å²) in [6.45, 7) is 1.93. The van der Waals surface area contributed by atoms with Gasteiger partial charge >= 0.3 is 0 Å². The van der Waals surface area contributed by atoms with Gasteiger partial charge in [0.05, 0.1) is 0 Å². The van der Waals surface area contributed by atoms with Crippen LogP contribution in [0.15, 0.2) is 28.0 Å². The van der Waals surface area contributed by atoms with E-state index in [1.54, 1.807) is 13.0 Å². The van der Waals surface area contributed by atoms with Crippen molar-refractivity contribution < 1.29 is 5.11 Å². The van der Waals surface area contributed by atoms with Gasteiger partial charge < -0.3 is 10.8 Å². The Balaban J connectivity index is 0.000000354. The van der Waals surface area contributed by atoms with E-state index in [9.17, 15) is 0 Å². The van der Waals surface area contributed by atoms with Gasteiger partial charge in [-0.15, -0.1) is 25.3 Å². The van der Waals surface area contributed by atoms with Crippen LogP contribution in [0.4, 0.5) is 5.69 Å². The third-order valence-electron chi connectivity index (χ3n) is 1.01. The number of nitrogens with two attached hydrogens (primary N) is 1. The van der Waals surface area contributed by atoms with Crippen LogP contribution in [0.3, 0.4) is 0 Å². The fraction of sp³-hybridized carbons (Fsp3) is 0.250. The molecule has 0 unspecified atom stereocenters. The van der Waals surface area contributed by atoms with Crippen LogP contribution in [0, 0.1) is 0 Å². The molecule has 0 atom stereocenters. The summed E-state index contributed by atoms with van der Waals surface area (Å²) in [6.07, 6.45) is 0. The molecule has 3 N–H and O–H groups in total. The van der Waals surface area contributed by atoms with Gasteiger partial charge in [0.25, 0.3) is 0 Å². The minimum Gasteiger partial charge on any atom is -0.398 e. The van der Waals surface area contributed by atoms with Gasteiger partial charge in [0.15, 0.2) is 0 Å². The predicted octanol–water partition coefficient (Wildman–Crippen LogP) is 1.84. The molecule has 0 aromatic heterocycles. The Hall–Kier alpha value is -0.320. The Kier molecular flexibility index (Phi) is 6.06. The molecule has 0 aliphatic rings. The summed E-state index contributed by atoms with van der Waals surface area (Å²) < 4.78 is 0. The molecule has 0 amide bonds. The molecule has 0 radical (unpaired) electrons. The number of aliphatic hydroxyl groups excluding tert-OH is 1. The molecule has 1 rings (SSSR count). The zero-order chi connectivity index (χ0) is 9.56. The molecular formula is C8H13NOS2. The normalized spacial score (nSPS) is 8.67. The summed E-state index contributed by atoms with van der Waals surface area (Å²) in [5.74, 6) is 0. The smallest absolute Gasteiger partial charge is 0.0450 e. The lowest BCUT2D eigenvalue weighted by Crippen LogP contribution is -1.84. The van der Waals surface area contributed by atoms with Gasteiger partial charge in [0.1, 0.15) is 0 Å². The summed E-state index contributed by atoms with van der Waals surface area (Å²) in [5, 5.41) is 7.57. The van der Waals surface area contributed by atoms with Crippen molar-refractivity contribution in [1.82, 2.24) is 0 Å². The van der Waals surface area contributed by atoms with Crippen LogP contribution in [-0.2, 0) is 0 Å². The van der Waals surface area contributed by atoms with Gasteiger partial charge in [-0.3, -0.25) is 0 Å². The number of hydrogen-bond donors (Lipinski definition) is 4. The van der Waals surface area contributed by atoms with Crippen LogP contribution in [0.1, 0.15) is 6.92 Å². The summed E-state index contributed by atoms with van der Waals surface area (Å²) in [6, 6.07) is 5.42. The second kappa shape index (κ2) is 6.22. The van der Waals surface area contributed by atoms with Crippen molar-refractivity contribution in [1.29, 1.82) is 0 Å². The van der Waals surface area contributed by atoms with Gasteiger partial charge in [0.2, 0.25) is 0 Å². The molecule has 1 aromatic carbocycles. The SMILES string of the molecule is CCO.Nc1ccc(S)cc1S. The van der Waals surface area contributed by atoms with Gasteiger partial charge in [-0.1, -0.05) is 0 Å². The first-order chi connectivity index (χ1) is 5.61. The quantitative estimate of drug-likeness (QED) is 0.384. The average molecular weight is 203 g/mol. The molecule has 0 aliphatic heterocycles. The summed E-state index contributed by atoms with van der Waals surface area (Å²) in [5.41, 5.74) is 6.17. The molecule has 0 saturated carbocycles. The zero-order valence-electron chi connectivity index (χ0n) is 6.86. The zero-order valence-corrected chi connectivity index (χ0v) is 8.65. The third-order valence-corrected chi connectivity index (χ3v) is 1.68. The molecule has 0 fully saturated rings. The van der Waals surface area contributed by atoms with E-state index >= 15 is 0 Å². The molecule has 0 saturated heterocycles. The number of hydrogen-bond acceptors (Lipinski definition) is 4. The number of thiol groups is 2. The summed E-state index contributed by atoms with van der Waals surface area (Å²) >= 11 is 8.19. The molecule has 4 heteroatoms. The topological polar surface area (TPSA) is 46.2 Å². The van der Waals surface area contributed by atoms with Crippen molar-refractivity contribution in [2.45, 2.75) is 16.7 Å². The number of benzene rings is 1. The minimum atomic E-state index is 0.250. The van der Waals surface area contributed by atoms with Crippen molar-refractivity contribution in [3.63, 3.8) is 0 Å². The van der Waals surface area contributed by atoms with Crippen LogP contribution in [-0.4, -0.2) is 11.7 Å². The highest BCUT2D eigenvalue weighted by atomic mass is 32.1. The van der Waals surface area contributed by atoms with E-state index in [0.29, 0.717) is 5.69 Å². The lowest BCUT2D eigenvalue weighted by atomic mass is 10.3. The van der Waals surface area contributed by atoms with Crippen molar-refractivity contribution >= 4 is 30.9 Å². The molecule has 68 valence electrons. The summed E-state index contributed by atoms with van der Waals surface area (Å²) in [4.78, 5) is 1.66. The van der Waals surface area contributed by atoms with Crippen LogP contribution >= 0.6 is 25.3 Å². The second-order valence-electron chi connectivity index (χ2n) is 2.06. The van der Waals surface area contributed by atoms with E-state index in [2.05, 4.69) is 25.3 Å². The first kappa shape index (κ1) is 11.7.